The smallest absolute Gasteiger partial charge is 0.271 e. The van der Waals surface area contributed by atoms with Gasteiger partial charge in [-0.15, -0.1) is 0 Å². The summed E-state index contributed by atoms with van der Waals surface area (Å²) in [4.78, 5) is 0.144. The molecule has 1 aliphatic rings. The third-order valence-corrected chi connectivity index (χ3v) is 6.67. The minimum Gasteiger partial charge on any atom is -0.495 e. The number of aryl methyl sites for hydroxylation is 1. The number of hydrogen-bond acceptors (Lipinski definition) is 5. The molecule has 6 nitrogen and oxygen atoms in total. The van der Waals surface area contributed by atoms with Crippen LogP contribution in [0.3, 0.4) is 0 Å². The predicted molar refractivity (Wildman–Crippen MR) is 104 cm³/mol. The minimum atomic E-state index is -3.80. The van der Waals surface area contributed by atoms with Crippen molar-refractivity contribution in [3.63, 3.8) is 0 Å². The molecular formula is C20H22N2O4S. The van der Waals surface area contributed by atoms with E-state index in [1.807, 2.05) is 19.1 Å². The van der Waals surface area contributed by atoms with Crippen LogP contribution in [0.2, 0.25) is 0 Å². The lowest BCUT2D eigenvalue weighted by molar-refractivity contribution is 0.325. The molecule has 0 radical (unpaired) electrons. The first-order chi connectivity index (χ1) is 12.9. The van der Waals surface area contributed by atoms with E-state index in [-0.39, 0.29) is 10.9 Å². The molecule has 1 N–H and O–H groups in total. The highest BCUT2D eigenvalue weighted by molar-refractivity contribution is 7.90. The zero-order valence-electron chi connectivity index (χ0n) is 15.5. The van der Waals surface area contributed by atoms with E-state index >= 15 is 0 Å². The summed E-state index contributed by atoms with van der Waals surface area (Å²) >= 11 is 0. The number of hydrogen-bond donors (Lipinski definition) is 1. The molecule has 0 bridgehead atoms. The Balaban J connectivity index is 1.93. The van der Waals surface area contributed by atoms with Gasteiger partial charge >= 0.3 is 0 Å². The van der Waals surface area contributed by atoms with E-state index in [9.17, 15) is 8.42 Å². The van der Waals surface area contributed by atoms with Gasteiger partial charge in [-0.3, -0.25) is 0 Å². The molecule has 2 aromatic carbocycles. The fourth-order valence-corrected chi connectivity index (χ4v) is 5.10. The Morgan fingerprint density at radius 1 is 1.22 bits per heavy atom. The first-order valence-corrected chi connectivity index (χ1v) is 10.3. The Morgan fingerprint density at radius 2 is 2.04 bits per heavy atom. The SMILES string of the molecule is COc1cc(C)ccc1S(=O)(=O)n1ccc2c3c(ccc21)OCCNC3C. The van der Waals surface area contributed by atoms with Crippen LogP contribution < -0.4 is 14.8 Å². The van der Waals surface area contributed by atoms with Crippen LogP contribution in [-0.2, 0) is 10.0 Å². The zero-order valence-corrected chi connectivity index (χ0v) is 16.3. The number of methoxy groups -OCH3 is 1. The number of aromatic nitrogens is 1. The van der Waals surface area contributed by atoms with Crippen molar-refractivity contribution < 1.29 is 17.9 Å². The molecule has 0 saturated heterocycles. The molecule has 142 valence electrons. The van der Waals surface area contributed by atoms with Gasteiger partial charge in [-0.05, 0) is 49.7 Å². The van der Waals surface area contributed by atoms with Crippen LogP contribution in [0.4, 0.5) is 0 Å². The molecule has 0 fully saturated rings. The first-order valence-electron chi connectivity index (χ1n) is 8.84. The van der Waals surface area contributed by atoms with Crippen molar-refractivity contribution in [3.05, 3.63) is 53.7 Å². The van der Waals surface area contributed by atoms with Crippen LogP contribution in [0.5, 0.6) is 11.5 Å². The number of benzene rings is 2. The van der Waals surface area contributed by atoms with E-state index in [0.717, 1.165) is 28.8 Å². The van der Waals surface area contributed by atoms with Gasteiger partial charge in [0.15, 0.2) is 0 Å². The van der Waals surface area contributed by atoms with E-state index in [1.54, 1.807) is 30.5 Å². The second-order valence-electron chi connectivity index (χ2n) is 6.71. The second-order valence-corrected chi connectivity index (χ2v) is 8.49. The predicted octanol–water partition coefficient (Wildman–Crippen LogP) is 3.24. The summed E-state index contributed by atoms with van der Waals surface area (Å²) in [5.74, 6) is 1.13. The molecule has 1 unspecified atom stereocenters. The van der Waals surface area contributed by atoms with Gasteiger partial charge in [0.2, 0.25) is 0 Å². The van der Waals surface area contributed by atoms with Crippen LogP contribution in [0.1, 0.15) is 24.1 Å². The largest absolute Gasteiger partial charge is 0.495 e. The van der Waals surface area contributed by atoms with Gasteiger partial charge in [-0.2, -0.15) is 0 Å². The lowest BCUT2D eigenvalue weighted by Gasteiger charge is -2.15. The fourth-order valence-electron chi connectivity index (χ4n) is 3.61. The summed E-state index contributed by atoms with van der Waals surface area (Å²) in [6.07, 6.45) is 1.59. The van der Waals surface area contributed by atoms with Gasteiger partial charge in [0, 0.05) is 29.7 Å². The molecule has 0 spiro atoms. The van der Waals surface area contributed by atoms with E-state index in [1.165, 1.54) is 11.1 Å². The Hall–Kier alpha value is -2.51. The topological polar surface area (TPSA) is 69.6 Å². The summed E-state index contributed by atoms with van der Waals surface area (Å²) < 4.78 is 39.2. The Morgan fingerprint density at radius 3 is 2.81 bits per heavy atom. The van der Waals surface area contributed by atoms with Crippen molar-refractivity contribution in [2.24, 2.45) is 0 Å². The maximum Gasteiger partial charge on any atom is 0.271 e. The van der Waals surface area contributed by atoms with Crippen LogP contribution in [0.25, 0.3) is 10.9 Å². The summed E-state index contributed by atoms with van der Waals surface area (Å²) in [7, 11) is -2.33. The van der Waals surface area contributed by atoms with Crippen molar-refractivity contribution in [1.82, 2.24) is 9.29 Å². The van der Waals surface area contributed by atoms with Crippen molar-refractivity contribution >= 4 is 20.9 Å². The average molecular weight is 386 g/mol. The third-order valence-electron chi connectivity index (χ3n) is 4.94. The average Bonchev–Trinajstić information content (AvgIpc) is 3.00. The Kier molecular flexibility index (Phi) is 4.36. The van der Waals surface area contributed by atoms with Crippen LogP contribution in [0, 0.1) is 6.92 Å². The molecule has 0 amide bonds. The van der Waals surface area contributed by atoms with E-state index in [0.29, 0.717) is 17.9 Å². The Labute approximate surface area is 158 Å². The van der Waals surface area contributed by atoms with Crippen molar-refractivity contribution in [2.75, 3.05) is 20.3 Å². The van der Waals surface area contributed by atoms with Crippen molar-refractivity contribution in [2.45, 2.75) is 24.8 Å². The van der Waals surface area contributed by atoms with Crippen molar-refractivity contribution in [1.29, 1.82) is 0 Å². The number of fused-ring (bicyclic) bond motifs is 3. The summed E-state index contributed by atoms with van der Waals surface area (Å²) in [5.41, 5.74) is 2.54. The highest BCUT2D eigenvalue weighted by Crippen LogP contribution is 2.37. The van der Waals surface area contributed by atoms with Gasteiger partial charge in [0.05, 0.1) is 12.6 Å². The fraction of sp³-hybridized carbons (Fsp3) is 0.300. The lowest BCUT2D eigenvalue weighted by Crippen LogP contribution is -2.20. The van der Waals surface area contributed by atoms with Gasteiger partial charge < -0.3 is 14.8 Å². The minimum absolute atomic E-state index is 0.0682. The molecule has 27 heavy (non-hydrogen) atoms. The molecule has 1 atom stereocenters. The molecule has 0 aliphatic carbocycles. The first kappa shape index (κ1) is 17.9. The number of nitrogens with one attached hydrogen (secondary N) is 1. The molecule has 1 aliphatic heterocycles. The van der Waals surface area contributed by atoms with E-state index in [2.05, 4.69) is 12.2 Å². The van der Waals surface area contributed by atoms with E-state index < -0.39 is 10.0 Å². The zero-order chi connectivity index (χ0) is 19.2. The third kappa shape index (κ3) is 2.87. The normalized spacial score (nSPS) is 17.2. The molecule has 7 heteroatoms. The molecule has 0 saturated carbocycles. The highest BCUT2D eigenvalue weighted by atomic mass is 32.2. The lowest BCUT2D eigenvalue weighted by atomic mass is 10.0. The number of rotatable bonds is 3. The molecule has 4 rings (SSSR count). The standard InChI is InChI=1S/C20H22N2O4S/c1-13-4-7-19(18(12-13)25-3)27(23,24)22-10-8-15-16(22)5-6-17-20(15)14(2)21-9-11-26-17/h4-8,10,12,14,21H,9,11H2,1-3H3. The maximum atomic E-state index is 13.4. The monoisotopic (exact) mass is 386 g/mol. The van der Waals surface area contributed by atoms with E-state index in [4.69, 9.17) is 9.47 Å². The van der Waals surface area contributed by atoms with Gasteiger partial charge in [0.25, 0.3) is 10.0 Å². The molecule has 2 heterocycles. The second kappa shape index (κ2) is 6.58. The number of ether oxygens (including phenoxy) is 2. The summed E-state index contributed by atoms with van der Waals surface area (Å²) in [6, 6.07) is 10.6. The van der Waals surface area contributed by atoms with Crippen LogP contribution in [0.15, 0.2) is 47.5 Å². The van der Waals surface area contributed by atoms with Gasteiger partial charge in [0.1, 0.15) is 23.0 Å². The molecule has 3 aromatic rings. The van der Waals surface area contributed by atoms with Gasteiger partial charge in [-0.25, -0.2) is 12.4 Å². The summed E-state index contributed by atoms with van der Waals surface area (Å²) in [5, 5.41) is 4.26. The molecular weight excluding hydrogens is 364 g/mol. The summed E-state index contributed by atoms with van der Waals surface area (Å²) in [6.45, 7) is 5.29. The highest BCUT2D eigenvalue weighted by Gasteiger charge is 2.26. The quantitative estimate of drug-likeness (QED) is 0.748. The Bertz CT molecular complexity index is 1120. The van der Waals surface area contributed by atoms with Crippen LogP contribution >= 0.6 is 0 Å². The maximum absolute atomic E-state index is 13.4. The molecule has 1 aromatic heterocycles. The van der Waals surface area contributed by atoms with Gasteiger partial charge in [-0.1, -0.05) is 6.07 Å². The van der Waals surface area contributed by atoms with Crippen molar-refractivity contribution in [3.8, 4) is 11.5 Å². The van der Waals surface area contributed by atoms with Crippen LogP contribution in [-0.4, -0.2) is 32.7 Å². The number of nitrogens with zero attached hydrogens (tertiary/aromatic N) is 1.